The number of ether oxygens (including phenoxy) is 1. The van der Waals surface area contributed by atoms with Crippen LogP contribution < -0.4 is 10.1 Å². The lowest BCUT2D eigenvalue weighted by atomic mass is 10.1. The summed E-state index contributed by atoms with van der Waals surface area (Å²) in [5.74, 6) is 0.567. The molecule has 3 aromatic rings. The van der Waals surface area contributed by atoms with Crippen LogP contribution in [0.4, 0.5) is 0 Å². The number of methoxy groups -OCH3 is 1. The predicted octanol–water partition coefficient (Wildman–Crippen LogP) is 5.21. The van der Waals surface area contributed by atoms with E-state index in [0.717, 1.165) is 21.1 Å². The minimum absolute atomic E-state index is 0.170. The first kappa shape index (κ1) is 19.5. The lowest BCUT2D eigenvalue weighted by Gasteiger charge is -2.18. The number of benzene rings is 3. The summed E-state index contributed by atoms with van der Waals surface area (Å²) >= 11 is 1.42. The smallest absolute Gasteiger partial charge is 0.252 e. The molecule has 4 nitrogen and oxygen atoms in total. The summed E-state index contributed by atoms with van der Waals surface area (Å²) in [5, 5.41) is 12.4. The Hall–Kier alpha value is -3.23. The Morgan fingerprint density at radius 1 is 1.00 bits per heavy atom. The number of hydrogen-bond donors (Lipinski definition) is 1. The molecular formula is C23H20N2O2S. The first-order valence-electron chi connectivity index (χ1n) is 8.84. The zero-order valence-corrected chi connectivity index (χ0v) is 16.5. The van der Waals surface area contributed by atoms with Crippen molar-refractivity contribution >= 4 is 17.7 Å². The molecule has 28 heavy (non-hydrogen) atoms. The fourth-order valence-corrected chi connectivity index (χ4v) is 3.91. The molecule has 0 aliphatic carbocycles. The van der Waals surface area contributed by atoms with Crippen molar-refractivity contribution in [2.45, 2.75) is 22.8 Å². The minimum atomic E-state index is -0.215. The third kappa shape index (κ3) is 4.36. The van der Waals surface area contributed by atoms with Crippen molar-refractivity contribution in [3.05, 3.63) is 89.5 Å². The second-order valence-corrected chi connectivity index (χ2v) is 7.23. The van der Waals surface area contributed by atoms with Crippen LogP contribution in [0.3, 0.4) is 0 Å². The molecule has 0 spiro atoms. The molecule has 140 valence electrons. The molecule has 0 bridgehead atoms. The number of carbonyl (C=O) groups excluding carboxylic acids is 1. The van der Waals surface area contributed by atoms with Crippen LogP contribution in [0.5, 0.6) is 5.75 Å². The van der Waals surface area contributed by atoms with Crippen LogP contribution in [-0.2, 0) is 0 Å². The van der Waals surface area contributed by atoms with E-state index in [4.69, 9.17) is 4.74 Å². The van der Waals surface area contributed by atoms with Gasteiger partial charge in [0.15, 0.2) is 0 Å². The van der Waals surface area contributed by atoms with Crippen LogP contribution in [0.1, 0.15) is 34.5 Å². The number of hydrogen-bond acceptors (Lipinski definition) is 4. The van der Waals surface area contributed by atoms with Gasteiger partial charge in [0.25, 0.3) is 5.91 Å². The Balaban J connectivity index is 1.84. The van der Waals surface area contributed by atoms with Gasteiger partial charge in [-0.2, -0.15) is 5.26 Å². The SMILES string of the molecule is COc1ccccc1[C@H](C)NC(=O)c1ccccc1Sc1ccccc1C#N. The monoisotopic (exact) mass is 388 g/mol. The van der Waals surface area contributed by atoms with E-state index in [1.54, 1.807) is 19.2 Å². The number of para-hydroxylation sites is 1. The topological polar surface area (TPSA) is 62.1 Å². The molecule has 0 aliphatic heterocycles. The van der Waals surface area contributed by atoms with Gasteiger partial charge >= 0.3 is 0 Å². The van der Waals surface area contributed by atoms with E-state index in [9.17, 15) is 10.1 Å². The zero-order chi connectivity index (χ0) is 19.9. The molecule has 1 N–H and O–H groups in total. The van der Waals surface area contributed by atoms with Crippen molar-refractivity contribution in [3.63, 3.8) is 0 Å². The van der Waals surface area contributed by atoms with Crippen molar-refractivity contribution in [1.29, 1.82) is 5.26 Å². The van der Waals surface area contributed by atoms with Crippen LogP contribution in [0.2, 0.25) is 0 Å². The third-order valence-electron chi connectivity index (χ3n) is 4.31. The second kappa shape index (κ2) is 9.12. The number of carbonyl (C=O) groups is 1. The van der Waals surface area contributed by atoms with Gasteiger partial charge in [-0.15, -0.1) is 0 Å². The summed E-state index contributed by atoms with van der Waals surface area (Å²) in [6.07, 6.45) is 0. The van der Waals surface area contributed by atoms with Crippen molar-refractivity contribution in [3.8, 4) is 11.8 Å². The van der Waals surface area contributed by atoms with E-state index in [0.29, 0.717) is 11.1 Å². The normalized spacial score (nSPS) is 11.3. The van der Waals surface area contributed by atoms with Crippen molar-refractivity contribution in [2.24, 2.45) is 0 Å². The van der Waals surface area contributed by atoms with E-state index >= 15 is 0 Å². The summed E-state index contributed by atoms with van der Waals surface area (Å²) in [6, 6.07) is 24.4. The summed E-state index contributed by atoms with van der Waals surface area (Å²) in [6.45, 7) is 1.93. The molecule has 1 atom stereocenters. The second-order valence-electron chi connectivity index (χ2n) is 6.14. The Labute approximate surface area is 169 Å². The van der Waals surface area contributed by atoms with Gasteiger partial charge in [0.05, 0.1) is 24.3 Å². The standard InChI is InChI=1S/C23H20N2O2S/c1-16(18-10-4-6-12-20(18)27-2)25-23(26)19-11-5-8-14-22(19)28-21-13-7-3-9-17(21)15-24/h3-14,16H,1-2H3,(H,25,26)/t16-/m0/s1. The Bertz CT molecular complexity index is 1030. The molecule has 0 unspecified atom stereocenters. The predicted molar refractivity (Wildman–Crippen MR) is 111 cm³/mol. The first-order chi connectivity index (χ1) is 13.6. The number of amides is 1. The molecule has 0 saturated heterocycles. The van der Waals surface area contributed by atoms with E-state index in [1.165, 1.54) is 11.8 Å². The van der Waals surface area contributed by atoms with E-state index in [2.05, 4.69) is 11.4 Å². The quantitative estimate of drug-likeness (QED) is 0.630. The van der Waals surface area contributed by atoms with E-state index in [1.807, 2.05) is 67.6 Å². The van der Waals surface area contributed by atoms with Crippen LogP contribution in [-0.4, -0.2) is 13.0 Å². The highest BCUT2D eigenvalue weighted by molar-refractivity contribution is 7.99. The lowest BCUT2D eigenvalue weighted by Crippen LogP contribution is -2.27. The molecule has 1 amide bonds. The Morgan fingerprint density at radius 2 is 1.64 bits per heavy atom. The number of rotatable bonds is 6. The summed E-state index contributed by atoms with van der Waals surface area (Å²) in [7, 11) is 1.62. The van der Waals surface area contributed by atoms with Crippen LogP contribution in [0, 0.1) is 11.3 Å². The maximum absolute atomic E-state index is 13.0. The fraction of sp³-hybridized carbons (Fsp3) is 0.130. The Morgan fingerprint density at radius 3 is 2.39 bits per heavy atom. The van der Waals surface area contributed by atoms with Crippen LogP contribution in [0.25, 0.3) is 0 Å². The highest BCUT2D eigenvalue weighted by Gasteiger charge is 2.18. The van der Waals surface area contributed by atoms with Gasteiger partial charge in [0.2, 0.25) is 0 Å². The Kier molecular flexibility index (Phi) is 6.36. The zero-order valence-electron chi connectivity index (χ0n) is 15.7. The number of nitrogens with zero attached hydrogens (tertiary/aromatic N) is 1. The molecule has 0 aromatic heterocycles. The molecule has 3 aromatic carbocycles. The van der Waals surface area contributed by atoms with Crippen molar-refractivity contribution < 1.29 is 9.53 Å². The average molecular weight is 388 g/mol. The van der Waals surface area contributed by atoms with Gasteiger partial charge in [-0.3, -0.25) is 4.79 Å². The molecule has 0 fully saturated rings. The van der Waals surface area contributed by atoms with Crippen molar-refractivity contribution in [2.75, 3.05) is 7.11 Å². The van der Waals surface area contributed by atoms with E-state index in [-0.39, 0.29) is 11.9 Å². The van der Waals surface area contributed by atoms with E-state index < -0.39 is 0 Å². The highest BCUT2D eigenvalue weighted by Crippen LogP contribution is 2.33. The molecule has 0 aliphatic rings. The van der Waals surface area contributed by atoms with Gasteiger partial charge in [-0.05, 0) is 37.3 Å². The number of nitrogens with one attached hydrogen (secondary N) is 1. The maximum Gasteiger partial charge on any atom is 0.252 e. The summed E-state index contributed by atoms with van der Waals surface area (Å²) in [4.78, 5) is 14.6. The average Bonchev–Trinajstić information content (AvgIpc) is 2.74. The molecule has 0 radical (unpaired) electrons. The molecule has 5 heteroatoms. The molecular weight excluding hydrogens is 368 g/mol. The van der Waals surface area contributed by atoms with Gasteiger partial charge in [0, 0.05) is 15.4 Å². The highest BCUT2D eigenvalue weighted by atomic mass is 32.2. The van der Waals surface area contributed by atoms with Crippen molar-refractivity contribution in [1.82, 2.24) is 5.32 Å². The summed E-state index contributed by atoms with van der Waals surface area (Å²) in [5.41, 5.74) is 2.07. The largest absolute Gasteiger partial charge is 0.496 e. The fourth-order valence-electron chi connectivity index (χ4n) is 2.89. The minimum Gasteiger partial charge on any atom is -0.496 e. The van der Waals surface area contributed by atoms with Crippen LogP contribution >= 0.6 is 11.8 Å². The van der Waals surface area contributed by atoms with Gasteiger partial charge < -0.3 is 10.1 Å². The van der Waals surface area contributed by atoms with Gasteiger partial charge in [-0.25, -0.2) is 0 Å². The molecule has 3 rings (SSSR count). The lowest BCUT2D eigenvalue weighted by molar-refractivity contribution is 0.0936. The van der Waals surface area contributed by atoms with Gasteiger partial charge in [-0.1, -0.05) is 54.2 Å². The third-order valence-corrected chi connectivity index (χ3v) is 5.46. The number of nitriles is 1. The van der Waals surface area contributed by atoms with Crippen LogP contribution in [0.15, 0.2) is 82.6 Å². The molecule has 0 heterocycles. The molecule has 0 saturated carbocycles. The summed E-state index contributed by atoms with van der Waals surface area (Å²) < 4.78 is 5.40. The van der Waals surface area contributed by atoms with Gasteiger partial charge in [0.1, 0.15) is 11.8 Å². The first-order valence-corrected chi connectivity index (χ1v) is 9.65. The maximum atomic E-state index is 13.0.